The molecule has 4 aromatic rings. The van der Waals surface area contributed by atoms with Crippen molar-refractivity contribution in [3.8, 4) is 5.75 Å². The minimum Gasteiger partial charge on any atom is -0.497 e. The second-order valence-corrected chi connectivity index (χ2v) is 10.9. The van der Waals surface area contributed by atoms with Crippen molar-refractivity contribution < 1.29 is 18.1 Å². The molecule has 0 bridgehead atoms. The fourth-order valence-corrected chi connectivity index (χ4v) is 5.39. The highest BCUT2D eigenvalue weighted by Crippen LogP contribution is 2.25. The normalized spacial score (nSPS) is 12.5. The molecule has 0 aliphatic heterocycles. The van der Waals surface area contributed by atoms with Gasteiger partial charge in [0.2, 0.25) is 10.0 Å². The number of rotatable bonds is 10. The quantitative estimate of drug-likeness (QED) is 0.211. The number of aromatic nitrogens is 2. The molecule has 10 heteroatoms. The van der Waals surface area contributed by atoms with Crippen LogP contribution in [0.4, 0.5) is 5.82 Å². The minimum atomic E-state index is -3.78. The maximum atomic E-state index is 13.2. The van der Waals surface area contributed by atoms with Gasteiger partial charge in [0.25, 0.3) is 0 Å². The molecule has 0 spiro atoms. The Bertz CT molecular complexity index is 1590. The van der Waals surface area contributed by atoms with Crippen LogP contribution in [0, 0.1) is 24.0 Å². The Morgan fingerprint density at radius 1 is 1.00 bits per heavy atom. The predicted octanol–water partition coefficient (Wildman–Crippen LogP) is 5.39. The van der Waals surface area contributed by atoms with E-state index in [1.165, 1.54) is 4.57 Å². The molecule has 4 rings (SSSR count). The monoisotopic (exact) mass is 546 g/mol. The second-order valence-electron chi connectivity index (χ2n) is 9.22. The molecule has 39 heavy (non-hydrogen) atoms. The van der Waals surface area contributed by atoms with Crippen molar-refractivity contribution in [1.82, 2.24) is 14.3 Å². The SMILES string of the molecule is COc1ccc(C(Cc2ccc(/C=C/c3nc(C)n(C)c3[N+](=O)[O-])cc2)NS(=O)(=O)c2ccc(C)cc2)cc1. The summed E-state index contributed by atoms with van der Waals surface area (Å²) in [4.78, 5) is 15.5. The van der Waals surface area contributed by atoms with Gasteiger partial charge in [0.05, 0.1) is 25.1 Å². The molecule has 9 nitrogen and oxygen atoms in total. The lowest BCUT2D eigenvalue weighted by Gasteiger charge is -2.20. The molecule has 0 radical (unpaired) electrons. The van der Waals surface area contributed by atoms with Gasteiger partial charge in [0.1, 0.15) is 5.75 Å². The smallest absolute Gasteiger partial charge is 0.350 e. The number of ether oxygens (including phenoxy) is 1. The van der Waals surface area contributed by atoms with E-state index in [1.807, 2.05) is 43.3 Å². The number of hydrogen-bond donors (Lipinski definition) is 1. The summed E-state index contributed by atoms with van der Waals surface area (Å²) in [7, 11) is -0.587. The maximum absolute atomic E-state index is 13.2. The zero-order valence-corrected chi connectivity index (χ0v) is 23.0. The first-order valence-electron chi connectivity index (χ1n) is 12.2. The van der Waals surface area contributed by atoms with E-state index >= 15 is 0 Å². The van der Waals surface area contributed by atoms with E-state index in [-0.39, 0.29) is 16.4 Å². The Hall–Kier alpha value is -4.28. The number of imidazole rings is 1. The largest absolute Gasteiger partial charge is 0.497 e. The first-order valence-corrected chi connectivity index (χ1v) is 13.7. The maximum Gasteiger partial charge on any atom is 0.350 e. The summed E-state index contributed by atoms with van der Waals surface area (Å²) in [6.45, 7) is 3.62. The van der Waals surface area contributed by atoms with Crippen molar-refractivity contribution in [2.75, 3.05) is 7.11 Å². The van der Waals surface area contributed by atoms with Crippen molar-refractivity contribution in [2.24, 2.45) is 7.05 Å². The van der Waals surface area contributed by atoms with Crippen molar-refractivity contribution in [1.29, 1.82) is 0 Å². The Kier molecular flexibility index (Phi) is 8.27. The molecule has 0 aliphatic rings. The Labute approximate surface area is 228 Å². The van der Waals surface area contributed by atoms with E-state index in [9.17, 15) is 18.5 Å². The number of nitro groups is 1. The van der Waals surface area contributed by atoms with Gasteiger partial charge in [0, 0.05) is 6.92 Å². The van der Waals surface area contributed by atoms with Gasteiger partial charge in [-0.2, -0.15) is 0 Å². The van der Waals surface area contributed by atoms with Gasteiger partial charge in [0.15, 0.2) is 11.5 Å². The molecule has 1 unspecified atom stereocenters. The van der Waals surface area contributed by atoms with Gasteiger partial charge in [-0.15, -0.1) is 0 Å². The van der Waals surface area contributed by atoms with Crippen molar-refractivity contribution >= 4 is 28.0 Å². The molecule has 202 valence electrons. The van der Waals surface area contributed by atoms with Crippen LogP contribution in [0.5, 0.6) is 5.75 Å². The van der Waals surface area contributed by atoms with E-state index in [0.717, 1.165) is 22.3 Å². The number of benzene rings is 3. The molecule has 1 aromatic heterocycles. The lowest BCUT2D eigenvalue weighted by Crippen LogP contribution is -2.30. The van der Waals surface area contributed by atoms with Crippen LogP contribution in [0.15, 0.2) is 77.7 Å². The number of nitrogens with zero attached hydrogens (tertiary/aromatic N) is 3. The Morgan fingerprint density at radius 3 is 2.23 bits per heavy atom. The highest BCUT2D eigenvalue weighted by atomic mass is 32.2. The van der Waals surface area contributed by atoms with Crippen LogP contribution < -0.4 is 9.46 Å². The number of hydrogen-bond acceptors (Lipinski definition) is 6. The summed E-state index contributed by atoms with van der Waals surface area (Å²) in [5.41, 5.74) is 3.81. The first kappa shape index (κ1) is 27.7. The molecule has 0 fully saturated rings. The molecule has 1 atom stereocenters. The van der Waals surface area contributed by atoms with Crippen LogP contribution >= 0.6 is 0 Å². The van der Waals surface area contributed by atoms with Crippen LogP contribution in [0.3, 0.4) is 0 Å². The lowest BCUT2D eigenvalue weighted by atomic mass is 9.99. The minimum absolute atomic E-state index is 0.0661. The van der Waals surface area contributed by atoms with Crippen molar-refractivity contribution in [2.45, 2.75) is 31.2 Å². The van der Waals surface area contributed by atoms with Gasteiger partial charge < -0.3 is 14.9 Å². The Balaban J connectivity index is 1.57. The number of aryl methyl sites for hydroxylation is 2. The molecule has 0 saturated heterocycles. The first-order chi connectivity index (χ1) is 18.6. The average molecular weight is 547 g/mol. The van der Waals surface area contributed by atoms with Gasteiger partial charge in [-0.3, -0.25) is 0 Å². The summed E-state index contributed by atoms with van der Waals surface area (Å²) in [5, 5.41) is 11.4. The van der Waals surface area contributed by atoms with Crippen LogP contribution in [0.2, 0.25) is 0 Å². The van der Waals surface area contributed by atoms with E-state index in [2.05, 4.69) is 9.71 Å². The lowest BCUT2D eigenvalue weighted by molar-refractivity contribution is -0.392. The summed E-state index contributed by atoms with van der Waals surface area (Å²) in [6, 6.07) is 21.1. The number of methoxy groups -OCH3 is 1. The molecule has 1 N–H and O–H groups in total. The molecule has 1 heterocycles. The summed E-state index contributed by atoms with van der Waals surface area (Å²) in [5.74, 6) is 1.16. The van der Waals surface area contributed by atoms with Gasteiger partial charge in [-0.25, -0.2) is 22.7 Å². The van der Waals surface area contributed by atoms with E-state index in [1.54, 1.807) is 69.6 Å². The van der Waals surface area contributed by atoms with Crippen LogP contribution in [-0.2, 0) is 23.5 Å². The average Bonchev–Trinajstić information content (AvgIpc) is 3.21. The fraction of sp³-hybridized carbons (Fsp3) is 0.207. The zero-order chi connectivity index (χ0) is 28.2. The van der Waals surface area contributed by atoms with Crippen molar-refractivity contribution in [3.63, 3.8) is 0 Å². The highest BCUT2D eigenvalue weighted by Gasteiger charge is 2.23. The summed E-state index contributed by atoms with van der Waals surface area (Å²) < 4.78 is 36.0. The van der Waals surface area contributed by atoms with Gasteiger partial charge in [-0.05, 0) is 65.3 Å². The van der Waals surface area contributed by atoms with E-state index in [4.69, 9.17) is 4.74 Å². The summed E-state index contributed by atoms with van der Waals surface area (Å²) >= 11 is 0. The number of sulfonamides is 1. The zero-order valence-electron chi connectivity index (χ0n) is 22.2. The molecule has 3 aromatic carbocycles. The topological polar surface area (TPSA) is 116 Å². The van der Waals surface area contributed by atoms with E-state index in [0.29, 0.717) is 18.0 Å². The third kappa shape index (κ3) is 6.60. The molecule has 0 amide bonds. The molecular formula is C29H30N4O5S. The van der Waals surface area contributed by atoms with Gasteiger partial charge >= 0.3 is 5.82 Å². The van der Waals surface area contributed by atoms with Crippen LogP contribution in [0.1, 0.15) is 39.8 Å². The molecule has 0 saturated carbocycles. The van der Waals surface area contributed by atoms with Crippen LogP contribution in [-0.4, -0.2) is 30.0 Å². The standard InChI is InChI=1S/C29H30N4O5S/c1-20-5-16-26(17-6-20)39(36,37)31-28(24-12-14-25(38-4)15-13-24)19-23-9-7-22(8-10-23)11-18-27-29(33(34)35)32(3)21(2)30-27/h5-18,28,31H,19H2,1-4H3/b18-11+. The summed E-state index contributed by atoms with van der Waals surface area (Å²) in [6.07, 6.45) is 3.79. The highest BCUT2D eigenvalue weighted by molar-refractivity contribution is 7.89. The van der Waals surface area contributed by atoms with Crippen molar-refractivity contribution in [3.05, 3.63) is 117 Å². The van der Waals surface area contributed by atoms with Gasteiger partial charge in [-0.1, -0.05) is 60.2 Å². The van der Waals surface area contributed by atoms with Crippen LogP contribution in [0.25, 0.3) is 12.2 Å². The number of nitrogens with one attached hydrogen (secondary N) is 1. The predicted molar refractivity (Wildman–Crippen MR) is 151 cm³/mol. The second kappa shape index (κ2) is 11.6. The molecule has 0 aliphatic carbocycles. The van der Waals surface area contributed by atoms with E-state index < -0.39 is 21.0 Å². The Morgan fingerprint density at radius 2 is 1.64 bits per heavy atom. The molecular weight excluding hydrogens is 516 g/mol. The third-order valence-corrected chi connectivity index (χ3v) is 7.98. The fourth-order valence-electron chi connectivity index (χ4n) is 4.16. The third-order valence-electron chi connectivity index (χ3n) is 6.49.